The Labute approximate surface area is 158 Å². The number of benzene rings is 2. The molecule has 0 aliphatic carbocycles. The summed E-state index contributed by atoms with van der Waals surface area (Å²) in [6.45, 7) is 2.54. The van der Waals surface area contributed by atoms with Gasteiger partial charge >= 0.3 is 0 Å². The lowest BCUT2D eigenvalue weighted by atomic mass is 10.1. The molecule has 0 radical (unpaired) electrons. The molecule has 3 aromatic rings. The van der Waals surface area contributed by atoms with Crippen LogP contribution in [0, 0.1) is 6.92 Å². The highest BCUT2D eigenvalue weighted by Gasteiger charge is 2.20. The maximum atomic E-state index is 12.5. The number of carbonyl (C=O) groups excluding carboxylic acids is 1. The van der Waals surface area contributed by atoms with E-state index in [0.717, 1.165) is 27.6 Å². The van der Waals surface area contributed by atoms with Crippen molar-refractivity contribution in [1.82, 2.24) is 10.3 Å². The molecular formula is C21H24N2O4. The number of methoxy groups -OCH3 is 3. The molecule has 0 saturated heterocycles. The van der Waals surface area contributed by atoms with E-state index in [0.29, 0.717) is 23.8 Å². The monoisotopic (exact) mass is 368 g/mol. The number of hydrogen-bond donors (Lipinski definition) is 2. The van der Waals surface area contributed by atoms with Gasteiger partial charge in [-0.2, -0.15) is 0 Å². The topological polar surface area (TPSA) is 72.6 Å². The van der Waals surface area contributed by atoms with E-state index in [1.165, 1.54) is 0 Å². The molecule has 0 aliphatic rings. The molecule has 0 spiro atoms. The second kappa shape index (κ2) is 8.03. The van der Waals surface area contributed by atoms with Crippen LogP contribution in [0.5, 0.6) is 17.2 Å². The van der Waals surface area contributed by atoms with E-state index in [4.69, 9.17) is 14.2 Å². The summed E-state index contributed by atoms with van der Waals surface area (Å²) in [5.41, 5.74) is 3.92. The molecule has 142 valence electrons. The van der Waals surface area contributed by atoms with Gasteiger partial charge < -0.3 is 24.5 Å². The van der Waals surface area contributed by atoms with Gasteiger partial charge in [0, 0.05) is 24.2 Å². The third-order valence-corrected chi connectivity index (χ3v) is 4.64. The summed E-state index contributed by atoms with van der Waals surface area (Å²) in [5, 5.41) is 3.80. The molecule has 0 atom stereocenters. The van der Waals surface area contributed by atoms with Crippen LogP contribution in [0.2, 0.25) is 0 Å². The number of nitrogens with one attached hydrogen (secondary N) is 2. The summed E-state index contributed by atoms with van der Waals surface area (Å²) in [7, 11) is 4.71. The molecule has 6 heteroatoms. The van der Waals surface area contributed by atoms with E-state index in [1.807, 2.05) is 43.5 Å². The van der Waals surface area contributed by atoms with Crippen molar-refractivity contribution in [2.45, 2.75) is 19.9 Å². The van der Waals surface area contributed by atoms with Crippen molar-refractivity contribution < 1.29 is 19.0 Å². The minimum atomic E-state index is -0.0593. The van der Waals surface area contributed by atoms with Gasteiger partial charge in [0.15, 0.2) is 11.5 Å². The fraction of sp³-hybridized carbons (Fsp3) is 0.286. The fourth-order valence-electron chi connectivity index (χ4n) is 3.20. The van der Waals surface area contributed by atoms with Crippen LogP contribution < -0.4 is 19.5 Å². The highest BCUT2D eigenvalue weighted by molar-refractivity contribution is 5.96. The summed E-state index contributed by atoms with van der Waals surface area (Å²) in [6, 6.07) is 9.85. The van der Waals surface area contributed by atoms with Gasteiger partial charge in [-0.3, -0.25) is 4.79 Å². The van der Waals surface area contributed by atoms with Gasteiger partial charge in [0.25, 0.3) is 0 Å². The summed E-state index contributed by atoms with van der Waals surface area (Å²) < 4.78 is 16.4. The summed E-state index contributed by atoms with van der Waals surface area (Å²) in [4.78, 5) is 15.7. The number of hydrogen-bond acceptors (Lipinski definition) is 4. The van der Waals surface area contributed by atoms with Crippen LogP contribution in [0.4, 0.5) is 0 Å². The minimum Gasteiger partial charge on any atom is -0.493 e. The van der Waals surface area contributed by atoms with Crippen molar-refractivity contribution in [3.8, 4) is 17.2 Å². The smallest absolute Gasteiger partial charge is 0.224 e. The molecule has 1 heterocycles. The predicted molar refractivity (Wildman–Crippen MR) is 105 cm³/mol. The lowest BCUT2D eigenvalue weighted by Crippen LogP contribution is -2.24. The zero-order valence-electron chi connectivity index (χ0n) is 16.0. The average molecular weight is 368 g/mol. The first-order valence-electron chi connectivity index (χ1n) is 8.69. The maximum Gasteiger partial charge on any atom is 0.224 e. The van der Waals surface area contributed by atoms with Gasteiger partial charge in [0.05, 0.1) is 33.3 Å². The SMILES string of the molecule is COc1cc2[nH]cc(CC(=O)NCc3ccccc3C)c2c(OC)c1OC. The number of aryl methyl sites for hydroxylation is 1. The third-order valence-electron chi connectivity index (χ3n) is 4.64. The second-order valence-electron chi connectivity index (χ2n) is 6.26. The zero-order valence-corrected chi connectivity index (χ0v) is 16.0. The maximum absolute atomic E-state index is 12.5. The van der Waals surface area contributed by atoms with E-state index in [9.17, 15) is 4.79 Å². The Kier molecular flexibility index (Phi) is 5.54. The Morgan fingerprint density at radius 2 is 1.78 bits per heavy atom. The van der Waals surface area contributed by atoms with Gasteiger partial charge in [-0.1, -0.05) is 24.3 Å². The lowest BCUT2D eigenvalue weighted by Gasteiger charge is -2.14. The molecule has 3 rings (SSSR count). The van der Waals surface area contributed by atoms with Gasteiger partial charge in [-0.05, 0) is 23.6 Å². The fourth-order valence-corrected chi connectivity index (χ4v) is 3.20. The summed E-state index contributed by atoms with van der Waals surface area (Å²) in [6.07, 6.45) is 2.05. The number of aromatic nitrogens is 1. The molecule has 0 unspecified atom stereocenters. The minimum absolute atomic E-state index is 0.0593. The third kappa shape index (κ3) is 3.69. The van der Waals surface area contributed by atoms with E-state index in [2.05, 4.69) is 10.3 Å². The van der Waals surface area contributed by atoms with Crippen LogP contribution in [0.3, 0.4) is 0 Å². The summed E-state index contributed by atoms with van der Waals surface area (Å²) >= 11 is 0. The first-order valence-corrected chi connectivity index (χ1v) is 8.69. The van der Waals surface area contributed by atoms with Crippen LogP contribution in [-0.4, -0.2) is 32.2 Å². The molecule has 2 N–H and O–H groups in total. The van der Waals surface area contributed by atoms with E-state index >= 15 is 0 Å². The number of amides is 1. The van der Waals surface area contributed by atoms with Crippen molar-refractivity contribution in [2.24, 2.45) is 0 Å². The van der Waals surface area contributed by atoms with E-state index in [1.54, 1.807) is 21.3 Å². The molecule has 6 nitrogen and oxygen atoms in total. The Morgan fingerprint density at radius 3 is 2.44 bits per heavy atom. The summed E-state index contributed by atoms with van der Waals surface area (Å²) in [5.74, 6) is 1.57. The van der Waals surface area contributed by atoms with Crippen molar-refractivity contribution >= 4 is 16.8 Å². The highest BCUT2D eigenvalue weighted by Crippen LogP contribution is 2.44. The van der Waals surface area contributed by atoms with Gasteiger partial charge in [-0.15, -0.1) is 0 Å². The van der Waals surface area contributed by atoms with Crippen LogP contribution in [0.1, 0.15) is 16.7 Å². The number of fused-ring (bicyclic) bond motifs is 1. The van der Waals surface area contributed by atoms with Crippen LogP contribution in [-0.2, 0) is 17.8 Å². The molecule has 1 amide bonds. The standard InChI is InChI=1S/C21H24N2O4/c1-13-7-5-6-8-14(13)11-23-18(24)9-15-12-22-16-10-17(25-2)20(26-3)21(27-4)19(15)16/h5-8,10,12,22H,9,11H2,1-4H3,(H,23,24). The Hall–Kier alpha value is -3.15. The number of rotatable bonds is 7. The van der Waals surface area contributed by atoms with E-state index < -0.39 is 0 Å². The number of ether oxygens (including phenoxy) is 3. The molecule has 0 bridgehead atoms. The molecule has 0 saturated carbocycles. The van der Waals surface area contributed by atoms with Crippen molar-refractivity contribution in [3.63, 3.8) is 0 Å². The van der Waals surface area contributed by atoms with Gasteiger partial charge in [0.2, 0.25) is 11.7 Å². The van der Waals surface area contributed by atoms with E-state index in [-0.39, 0.29) is 12.3 Å². The molecular weight excluding hydrogens is 344 g/mol. The normalized spacial score (nSPS) is 10.7. The molecule has 0 aliphatic heterocycles. The van der Waals surface area contributed by atoms with Gasteiger partial charge in [-0.25, -0.2) is 0 Å². The largest absolute Gasteiger partial charge is 0.493 e. The quantitative estimate of drug-likeness (QED) is 0.671. The average Bonchev–Trinajstić information content (AvgIpc) is 3.08. The Balaban J connectivity index is 1.84. The Morgan fingerprint density at radius 1 is 1.04 bits per heavy atom. The predicted octanol–water partition coefficient (Wildman–Crippen LogP) is 3.36. The van der Waals surface area contributed by atoms with Crippen LogP contribution in [0.25, 0.3) is 10.9 Å². The molecule has 27 heavy (non-hydrogen) atoms. The molecule has 1 aromatic heterocycles. The highest BCUT2D eigenvalue weighted by atomic mass is 16.5. The van der Waals surface area contributed by atoms with Crippen molar-refractivity contribution in [1.29, 1.82) is 0 Å². The first-order chi connectivity index (χ1) is 13.1. The molecule has 2 aromatic carbocycles. The number of carbonyl (C=O) groups is 1. The number of H-pyrrole nitrogens is 1. The number of aromatic amines is 1. The van der Waals surface area contributed by atoms with Crippen molar-refractivity contribution in [3.05, 3.63) is 53.2 Å². The van der Waals surface area contributed by atoms with Crippen molar-refractivity contribution in [2.75, 3.05) is 21.3 Å². The second-order valence-corrected chi connectivity index (χ2v) is 6.26. The van der Waals surface area contributed by atoms with Gasteiger partial charge in [0.1, 0.15) is 0 Å². The lowest BCUT2D eigenvalue weighted by molar-refractivity contribution is -0.120. The van der Waals surface area contributed by atoms with Crippen LogP contribution >= 0.6 is 0 Å². The molecule has 0 fully saturated rings. The Bertz CT molecular complexity index is 962. The van der Waals surface area contributed by atoms with Crippen LogP contribution in [0.15, 0.2) is 36.5 Å². The first kappa shape index (κ1) is 18.6. The zero-order chi connectivity index (χ0) is 19.4.